The van der Waals surface area contributed by atoms with E-state index in [1.54, 1.807) is 0 Å². The van der Waals surface area contributed by atoms with E-state index >= 15 is 0 Å². The van der Waals surface area contributed by atoms with Gasteiger partial charge in [0.25, 0.3) is 15.9 Å². The van der Waals surface area contributed by atoms with E-state index in [1.165, 1.54) is 18.2 Å². The first-order valence-corrected chi connectivity index (χ1v) is 4.67. The van der Waals surface area contributed by atoms with Crippen molar-refractivity contribution in [2.75, 3.05) is 0 Å². The maximum absolute atomic E-state index is 11.2. The number of amides is 1. The van der Waals surface area contributed by atoms with E-state index in [0.29, 0.717) is 0 Å². The number of benzene rings is 1. The largest absolute Gasteiger partial charge is 0.268 e. The molecule has 0 fully saturated rings. The van der Waals surface area contributed by atoms with E-state index in [9.17, 15) is 13.2 Å². The summed E-state index contributed by atoms with van der Waals surface area (Å²) in [5.41, 5.74) is 0.0486. The molecule has 0 spiro atoms. The van der Waals surface area contributed by atoms with Gasteiger partial charge in [-0.05, 0) is 12.1 Å². The van der Waals surface area contributed by atoms with Gasteiger partial charge in [-0.1, -0.05) is 12.1 Å². The van der Waals surface area contributed by atoms with Crippen molar-refractivity contribution >= 4 is 15.9 Å². The summed E-state index contributed by atoms with van der Waals surface area (Å²) in [7, 11) is -3.77. The summed E-state index contributed by atoms with van der Waals surface area (Å²) in [6.45, 7) is 0. The minimum absolute atomic E-state index is 0.0486. The Bertz CT molecular complexity index is 494. The molecule has 0 saturated heterocycles. The minimum Gasteiger partial charge on any atom is -0.268 e. The Hall–Kier alpha value is -1.36. The lowest BCUT2D eigenvalue weighted by Crippen LogP contribution is -2.20. The Labute approximate surface area is 70.7 Å². The maximum atomic E-state index is 11.2. The van der Waals surface area contributed by atoms with Crippen LogP contribution in [-0.4, -0.2) is 14.3 Å². The van der Waals surface area contributed by atoms with Crippen LogP contribution in [0.2, 0.25) is 0 Å². The molecule has 0 saturated carbocycles. The van der Waals surface area contributed by atoms with Crippen LogP contribution in [-0.2, 0) is 10.0 Å². The van der Waals surface area contributed by atoms with Crippen LogP contribution in [0, 0.1) is 0 Å². The first-order chi connectivity index (χ1) is 6.02. The van der Waals surface area contributed by atoms with Gasteiger partial charge >= 0.3 is 0 Å². The molecule has 0 aliphatic carbocycles. The van der Waals surface area contributed by atoms with Crippen molar-refractivity contribution in [3.8, 4) is 0 Å². The molecule has 0 bridgehead atoms. The lowest BCUT2D eigenvalue weighted by atomic mass is 10.2. The highest BCUT2D eigenvalue weighted by atomic mass is 32.2. The molecule has 12 heavy (non-hydrogen) atoms. The van der Waals surface area contributed by atoms with Gasteiger partial charge in [0.1, 0.15) is 4.90 Å². The number of rotatable bonds is 0. The van der Waals surface area contributed by atoms with Crippen LogP contribution in [0.1, 0.15) is 11.7 Å². The van der Waals surface area contributed by atoms with Gasteiger partial charge in [-0.2, -0.15) is 0 Å². The zero-order valence-corrected chi connectivity index (χ0v) is 6.68. The summed E-state index contributed by atoms with van der Waals surface area (Å²) >= 11 is 0. The summed E-state index contributed by atoms with van der Waals surface area (Å²) < 4.78 is 31.6. The summed E-state index contributed by atoms with van der Waals surface area (Å²) in [6, 6.07) is 4.03. The molecule has 1 N–H and O–H groups in total. The SMILES string of the molecule is [2H]c1cccc2c1S(=O)(=O)NC2=O. The van der Waals surface area contributed by atoms with Crippen molar-refractivity contribution in [2.24, 2.45) is 0 Å². The Balaban J connectivity index is 2.89. The monoisotopic (exact) mass is 184 g/mol. The molecule has 0 aromatic heterocycles. The molecule has 1 amide bonds. The highest BCUT2D eigenvalue weighted by molar-refractivity contribution is 7.90. The van der Waals surface area contributed by atoms with Gasteiger partial charge in [0.15, 0.2) is 0 Å². The van der Waals surface area contributed by atoms with Crippen molar-refractivity contribution in [3.05, 3.63) is 29.8 Å². The van der Waals surface area contributed by atoms with Crippen LogP contribution in [0.15, 0.2) is 29.1 Å². The van der Waals surface area contributed by atoms with Crippen molar-refractivity contribution in [1.29, 1.82) is 0 Å². The standard InChI is InChI=1S/C7H5NO3S/c9-7-5-3-1-2-4-6(5)12(10,11)8-7/h1-4H,(H,8,9)/i4D. The quantitative estimate of drug-likeness (QED) is 0.622. The summed E-state index contributed by atoms with van der Waals surface area (Å²) in [5, 5.41) is 0. The highest BCUT2D eigenvalue weighted by Gasteiger charge is 2.31. The Kier molecular flexibility index (Phi) is 1.07. The van der Waals surface area contributed by atoms with Gasteiger partial charge in [0.2, 0.25) is 0 Å². The smallest absolute Gasteiger partial charge is 0.266 e. The lowest BCUT2D eigenvalue weighted by Gasteiger charge is -1.91. The second-order valence-corrected chi connectivity index (χ2v) is 3.97. The molecule has 0 unspecified atom stereocenters. The molecule has 1 aromatic rings. The van der Waals surface area contributed by atoms with Crippen LogP contribution < -0.4 is 4.72 Å². The fourth-order valence-corrected chi connectivity index (χ4v) is 2.18. The number of hydrogen-bond acceptors (Lipinski definition) is 3. The number of fused-ring (bicyclic) bond motifs is 1. The molecule has 1 aliphatic rings. The van der Waals surface area contributed by atoms with Crippen LogP contribution >= 0.6 is 0 Å². The van der Waals surface area contributed by atoms with Gasteiger partial charge in [0.05, 0.1) is 6.93 Å². The molecule has 62 valence electrons. The number of nitrogens with one attached hydrogen (secondary N) is 1. The van der Waals surface area contributed by atoms with E-state index in [-0.39, 0.29) is 16.5 Å². The molecule has 1 aromatic carbocycles. The summed E-state index contributed by atoms with van der Waals surface area (Å²) in [6.07, 6.45) is 0. The molecular formula is C7H5NO3S. The second-order valence-electron chi connectivity index (χ2n) is 2.35. The van der Waals surface area contributed by atoms with Crippen molar-refractivity contribution in [1.82, 2.24) is 4.72 Å². The van der Waals surface area contributed by atoms with E-state index < -0.39 is 15.9 Å². The molecule has 1 heterocycles. The fraction of sp³-hybridized carbons (Fsp3) is 0. The fourth-order valence-electron chi connectivity index (χ4n) is 1.05. The zero-order chi connectivity index (χ0) is 9.64. The Morgan fingerprint density at radius 3 is 2.83 bits per heavy atom. The van der Waals surface area contributed by atoms with E-state index in [2.05, 4.69) is 0 Å². The lowest BCUT2D eigenvalue weighted by molar-refractivity contribution is 0.0985. The normalized spacial score (nSPS) is 19.7. The zero-order valence-electron chi connectivity index (χ0n) is 6.87. The van der Waals surface area contributed by atoms with E-state index in [1.807, 2.05) is 4.72 Å². The van der Waals surface area contributed by atoms with Crippen molar-refractivity contribution < 1.29 is 14.6 Å². The Morgan fingerprint density at radius 2 is 2.17 bits per heavy atom. The minimum atomic E-state index is -3.77. The molecule has 1 aliphatic heterocycles. The Morgan fingerprint density at radius 1 is 1.42 bits per heavy atom. The predicted molar refractivity (Wildman–Crippen MR) is 41.1 cm³/mol. The highest BCUT2D eigenvalue weighted by Crippen LogP contribution is 2.20. The number of carbonyl (C=O) groups is 1. The predicted octanol–water partition coefficient (Wildman–Crippen LogP) is 0.119. The molecular weight excluding hydrogens is 178 g/mol. The average molecular weight is 184 g/mol. The van der Waals surface area contributed by atoms with Gasteiger partial charge in [-0.3, -0.25) is 4.79 Å². The number of hydrogen-bond donors (Lipinski definition) is 1. The van der Waals surface area contributed by atoms with Gasteiger partial charge < -0.3 is 0 Å². The first-order valence-electron chi connectivity index (χ1n) is 3.69. The molecule has 0 atom stereocenters. The van der Waals surface area contributed by atoms with E-state index in [4.69, 9.17) is 1.37 Å². The summed E-state index contributed by atoms with van der Waals surface area (Å²) in [4.78, 5) is 10.8. The third-order valence-corrected chi connectivity index (χ3v) is 2.89. The third kappa shape index (κ3) is 0.831. The second kappa shape index (κ2) is 2.07. The van der Waals surface area contributed by atoms with Crippen LogP contribution in [0.5, 0.6) is 0 Å². The van der Waals surface area contributed by atoms with E-state index in [0.717, 1.165) is 0 Å². The first kappa shape index (κ1) is 6.19. The van der Waals surface area contributed by atoms with Gasteiger partial charge in [0, 0.05) is 0 Å². The molecule has 2 rings (SSSR count). The topological polar surface area (TPSA) is 63.2 Å². The van der Waals surface area contributed by atoms with Crippen LogP contribution in [0.3, 0.4) is 0 Å². The van der Waals surface area contributed by atoms with Gasteiger partial charge in [-0.25, -0.2) is 13.1 Å². The number of sulfonamides is 1. The number of carbonyl (C=O) groups excluding carboxylic acids is 1. The maximum Gasteiger partial charge on any atom is 0.266 e. The third-order valence-electron chi connectivity index (χ3n) is 1.56. The summed E-state index contributed by atoms with van der Waals surface area (Å²) in [5.74, 6) is -0.663. The molecule has 0 radical (unpaired) electrons. The van der Waals surface area contributed by atoms with Crippen molar-refractivity contribution in [2.45, 2.75) is 4.90 Å². The van der Waals surface area contributed by atoms with Crippen molar-refractivity contribution in [3.63, 3.8) is 0 Å². The molecule has 4 nitrogen and oxygen atoms in total. The van der Waals surface area contributed by atoms with Crippen LogP contribution in [0.4, 0.5) is 0 Å². The average Bonchev–Trinajstić information content (AvgIpc) is 2.24. The molecule has 5 heteroatoms. The van der Waals surface area contributed by atoms with Gasteiger partial charge in [-0.15, -0.1) is 0 Å². The van der Waals surface area contributed by atoms with Crippen LogP contribution in [0.25, 0.3) is 0 Å².